The van der Waals surface area contributed by atoms with Crippen LogP contribution in [0.5, 0.6) is 0 Å². The monoisotopic (exact) mass is 281 g/mol. The molecule has 1 N–H and O–H groups in total. The lowest BCUT2D eigenvalue weighted by atomic mass is 10.0. The molecule has 2 unspecified atom stereocenters. The third-order valence-electron chi connectivity index (χ3n) is 5.16. The highest BCUT2D eigenvalue weighted by atomic mass is 16.5. The van der Waals surface area contributed by atoms with Crippen LogP contribution in [0.1, 0.15) is 32.1 Å². The van der Waals surface area contributed by atoms with E-state index in [1.807, 2.05) is 11.9 Å². The summed E-state index contributed by atoms with van der Waals surface area (Å²) in [5, 5.41) is 3.41. The predicted molar refractivity (Wildman–Crippen MR) is 77.6 cm³/mol. The van der Waals surface area contributed by atoms with Gasteiger partial charge in [0.15, 0.2) is 0 Å². The fourth-order valence-electron chi connectivity index (χ4n) is 3.87. The Balaban J connectivity index is 1.63. The van der Waals surface area contributed by atoms with E-state index in [-0.39, 0.29) is 12.1 Å². The van der Waals surface area contributed by atoms with Crippen LogP contribution < -0.4 is 5.32 Å². The van der Waals surface area contributed by atoms with Crippen molar-refractivity contribution >= 4 is 5.91 Å². The van der Waals surface area contributed by atoms with Crippen molar-refractivity contribution in [2.24, 2.45) is 0 Å². The first kappa shape index (κ1) is 14.3. The van der Waals surface area contributed by atoms with Crippen molar-refractivity contribution in [1.82, 2.24) is 15.1 Å². The first-order chi connectivity index (χ1) is 9.77. The number of ether oxygens (including phenoxy) is 1. The molecule has 0 saturated carbocycles. The number of likely N-dealkylation sites (N-methyl/N-ethyl adjacent to an activating group) is 1. The lowest BCUT2D eigenvalue weighted by Crippen LogP contribution is -2.52. The molecule has 20 heavy (non-hydrogen) atoms. The van der Waals surface area contributed by atoms with E-state index in [1.54, 1.807) is 0 Å². The van der Waals surface area contributed by atoms with Crippen molar-refractivity contribution in [3.8, 4) is 0 Å². The number of carbonyl (C=O) groups excluding carboxylic acids is 1. The Morgan fingerprint density at radius 3 is 2.75 bits per heavy atom. The summed E-state index contributed by atoms with van der Waals surface area (Å²) < 4.78 is 5.42. The molecule has 2 atom stereocenters. The van der Waals surface area contributed by atoms with Gasteiger partial charge in [-0.25, -0.2) is 0 Å². The van der Waals surface area contributed by atoms with Crippen LogP contribution in [0.2, 0.25) is 0 Å². The van der Waals surface area contributed by atoms with E-state index >= 15 is 0 Å². The summed E-state index contributed by atoms with van der Waals surface area (Å²) in [6.07, 6.45) is 5.54. The fraction of sp³-hybridized carbons (Fsp3) is 0.933. The van der Waals surface area contributed by atoms with Gasteiger partial charge in [-0.15, -0.1) is 0 Å². The van der Waals surface area contributed by atoms with E-state index in [4.69, 9.17) is 4.74 Å². The molecule has 3 saturated heterocycles. The number of likely N-dealkylation sites (tertiary alicyclic amines) is 1. The molecule has 3 heterocycles. The van der Waals surface area contributed by atoms with Crippen molar-refractivity contribution in [3.63, 3.8) is 0 Å². The standard InChI is InChI=1S/C15H27N3O2/c1-17(13-6-10-20-11-13)15(19)14-3-2-9-18(14)12-4-7-16-8-5-12/h12-14,16H,2-11H2,1H3. The molecule has 0 aromatic carbocycles. The Morgan fingerprint density at radius 2 is 2.05 bits per heavy atom. The van der Waals surface area contributed by atoms with Gasteiger partial charge in [0.1, 0.15) is 0 Å². The van der Waals surface area contributed by atoms with Crippen LogP contribution >= 0.6 is 0 Å². The zero-order valence-corrected chi connectivity index (χ0v) is 12.5. The van der Waals surface area contributed by atoms with Crippen molar-refractivity contribution in [2.75, 3.05) is 39.9 Å². The molecule has 3 aliphatic heterocycles. The van der Waals surface area contributed by atoms with Crippen molar-refractivity contribution in [1.29, 1.82) is 0 Å². The van der Waals surface area contributed by atoms with Gasteiger partial charge in [0, 0.05) is 19.7 Å². The largest absolute Gasteiger partial charge is 0.379 e. The Kier molecular flexibility index (Phi) is 4.58. The minimum Gasteiger partial charge on any atom is -0.379 e. The van der Waals surface area contributed by atoms with E-state index < -0.39 is 0 Å². The second-order valence-corrected chi connectivity index (χ2v) is 6.34. The third-order valence-corrected chi connectivity index (χ3v) is 5.16. The lowest BCUT2D eigenvalue weighted by Gasteiger charge is -2.37. The maximum atomic E-state index is 12.8. The van der Waals surface area contributed by atoms with Crippen LogP contribution in [0.3, 0.4) is 0 Å². The van der Waals surface area contributed by atoms with Crippen molar-refractivity contribution < 1.29 is 9.53 Å². The van der Waals surface area contributed by atoms with Crippen LogP contribution in [0.15, 0.2) is 0 Å². The first-order valence-corrected chi connectivity index (χ1v) is 8.08. The van der Waals surface area contributed by atoms with E-state index in [9.17, 15) is 4.79 Å². The topological polar surface area (TPSA) is 44.8 Å². The summed E-state index contributed by atoms with van der Waals surface area (Å²) in [7, 11) is 1.96. The second-order valence-electron chi connectivity index (χ2n) is 6.34. The molecule has 1 amide bonds. The van der Waals surface area contributed by atoms with E-state index in [0.29, 0.717) is 18.6 Å². The van der Waals surface area contributed by atoms with Gasteiger partial charge in [0.05, 0.1) is 18.7 Å². The number of amides is 1. The van der Waals surface area contributed by atoms with E-state index in [1.165, 1.54) is 12.8 Å². The quantitative estimate of drug-likeness (QED) is 0.816. The highest BCUT2D eigenvalue weighted by Gasteiger charge is 2.38. The molecule has 5 heteroatoms. The molecule has 0 spiro atoms. The van der Waals surface area contributed by atoms with E-state index in [0.717, 1.165) is 45.5 Å². The molecule has 3 rings (SSSR count). The fourth-order valence-corrected chi connectivity index (χ4v) is 3.87. The molecule has 5 nitrogen and oxygen atoms in total. The van der Waals surface area contributed by atoms with Crippen LogP contribution in [0.4, 0.5) is 0 Å². The van der Waals surface area contributed by atoms with Gasteiger partial charge in [-0.1, -0.05) is 0 Å². The number of nitrogens with one attached hydrogen (secondary N) is 1. The molecule has 3 fully saturated rings. The van der Waals surface area contributed by atoms with Crippen LogP contribution in [0, 0.1) is 0 Å². The molecule has 0 bridgehead atoms. The van der Waals surface area contributed by atoms with Gasteiger partial charge in [-0.3, -0.25) is 9.69 Å². The van der Waals surface area contributed by atoms with E-state index in [2.05, 4.69) is 10.2 Å². The maximum absolute atomic E-state index is 12.8. The number of carbonyl (C=O) groups is 1. The first-order valence-electron chi connectivity index (χ1n) is 8.08. The Hall–Kier alpha value is -0.650. The number of rotatable bonds is 3. The summed E-state index contributed by atoms with van der Waals surface area (Å²) in [5.41, 5.74) is 0. The van der Waals surface area contributed by atoms with Crippen LogP contribution in [-0.4, -0.2) is 73.7 Å². The molecule has 114 valence electrons. The highest BCUT2D eigenvalue weighted by Crippen LogP contribution is 2.26. The average molecular weight is 281 g/mol. The smallest absolute Gasteiger partial charge is 0.240 e. The summed E-state index contributed by atoms with van der Waals surface area (Å²) >= 11 is 0. The molecular weight excluding hydrogens is 254 g/mol. The van der Waals surface area contributed by atoms with Gasteiger partial charge in [0.2, 0.25) is 5.91 Å². The molecule has 0 aliphatic carbocycles. The zero-order valence-electron chi connectivity index (χ0n) is 12.5. The van der Waals surface area contributed by atoms with Crippen molar-refractivity contribution in [2.45, 2.75) is 50.2 Å². The molecule has 3 aliphatic rings. The predicted octanol–water partition coefficient (Wildman–Crippen LogP) is 0.450. The molecular formula is C15H27N3O2. The number of piperidine rings is 1. The van der Waals surface area contributed by atoms with Gasteiger partial charge >= 0.3 is 0 Å². The van der Waals surface area contributed by atoms with Gasteiger partial charge in [-0.05, 0) is 51.7 Å². The van der Waals surface area contributed by atoms with Gasteiger partial charge in [-0.2, -0.15) is 0 Å². The van der Waals surface area contributed by atoms with Crippen LogP contribution in [0.25, 0.3) is 0 Å². The number of hydrogen-bond donors (Lipinski definition) is 1. The summed E-state index contributed by atoms with van der Waals surface area (Å²) in [5.74, 6) is 0.316. The lowest BCUT2D eigenvalue weighted by molar-refractivity contribution is -0.137. The van der Waals surface area contributed by atoms with Gasteiger partial charge in [0.25, 0.3) is 0 Å². The molecule has 0 aromatic heterocycles. The molecule has 0 aromatic rings. The Labute approximate surface area is 121 Å². The maximum Gasteiger partial charge on any atom is 0.240 e. The number of nitrogens with zero attached hydrogens (tertiary/aromatic N) is 2. The third kappa shape index (κ3) is 2.85. The minimum absolute atomic E-state index is 0.115. The normalized spacial score (nSPS) is 32.6. The Bertz CT molecular complexity index is 338. The Morgan fingerprint density at radius 1 is 1.25 bits per heavy atom. The van der Waals surface area contributed by atoms with Crippen molar-refractivity contribution in [3.05, 3.63) is 0 Å². The van der Waals surface area contributed by atoms with Gasteiger partial charge < -0.3 is 15.0 Å². The second kappa shape index (κ2) is 6.41. The SMILES string of the molecule is CN(C(=O)C1CCCN1C1CCNCC1)C1CCOC1. The van der Waals surface area contributed by atoms with Crippen LogP contribution in [-0.2, 0) is 9.53 Å². The zero-order chi connectivity index (χ0) is 13.9. The minimum atomic E-state index is 0.115. The average Bonchev–Trinajstić information content (AvgIpc) is 3.17. The number of hydrogen-bond acceptors (Lipinski definition) is 4. The summed E-state index contributed by atoms with van der Waals surface area (Å²) in [4.78, 5) is 17.2. The molecule has 0 radical (unpaired) electrons. The summed E-state index contributed by atoms with van der Waals surface area (Å²) in [6.45, 7) is 4.78. The summed E-state index contributed by atoms with van der Waals surface area (Å²) in [6, 6.07) is 1.00. The highest BCUT2D eigenvalue weighted by molar-refractivity contribution is 5.82.